The number of anilines is 1. The molecule has 0 bridgehead atoms. The van der Waals surface area contributed by atoms with E-state index in [2.05, 4.69) is 50.0 Å². The highest BCUT2D eigenvalue weighted by atomic mass is 32.2. The highest BCUT2D eigenvalue weighted by molar-refractivity contribution is 7.99. The SMILES string of the molecule is O=C(NCc1ccc(N2CCSCC2)cc1)c1ccc(-n2cnnn2)cc1. The van der Waals surface area contributed by atoms with Crippen LogP contribution in [0.5, 0.6) is 0 Å². The second-order valence-corrected chi connectivity index (χ2v) is 7.47. The second kappa shape index (κ2) is 8.22. The van der Waals surface area contributed by atoms with Gasteiger partial charge >= 0.3 is 0 Å². The third-order valence-corrected chi connectivity index (χ3v) is 5.45. The normalized spacial score (nSPS) is 14.1. The molecule has 1 aliphatic heterocycles. The molecule has 3 aromatic rings. The Morgan fingerprint density at radius 1 is 1.00 bits per heavy atom. The fraction of sp³-hybridized carbons (Fsp3) is 0.263. The Bertz CT molecular complexity index is 874. The van der Waals surface area contributed by atoms with Crippen molar-refractivity contribution in [1.82, 2.24) is 25.5 Å². The maximum absolute atomic E-state index is 12.4. The Balaban J connectivity index is 1.33. The molecule has 4 rings (SSSR count). The van der Waals surface area contributed by atoms with Crippen LogP contribution in [0.1, 0.15) is 15.9 Å². The van der Waals surface area contributed by atoms with Crippen molar-refractivity contribution in [3.8, 4) is 5.69 Å². The number of amides is 1. The van der Waals surface area contributed by atoms with Gasteiger partial charge in [0.15, 0.2) is 0 Å². The molecule has 7 nitrogen and oxygen atoms in total. The van der Waals surface area contributed by atoms with Gasteiger partial charge in [0.25, 0.3) is 5.91 Å². The lowest BCUT2D eigenvalue weighted by Gasteiger charge is -2.28. The first-order valence-corrected chi connectivity index (χ1v) is 9.98. The minimum absolute atomic E-state index is 0.101. The molecule has 1 aliphatic rings. The van der Waals surface area contributed by atoms with E-state index in [1.807, 2.05) is 23.9 Å². The fourth-order valence-electron chi connectivity index (χ4n) is 2.98. The quantitative estimate of drug-likeness (QED) is 0.731. The van der Waals surface area contributed by atoms with E-state index in [0.29, 0.717) is 12.1 Å². The Labute approximate surface area is 161 Å². The van der Waals surface area contributed by atoms with E-state index in [-0.39, 0.29) is 5.91 Å². The summed E-state index contributed by atoms with van der Waals surface area (Å²) in [6, 6.07) is 15.6. The fourth-order valence-corrected chi connectivity index (χ4v) is 3.88. The Hall–Kier alpha value is -2.87. The number of carbonyl (C=O) groups is 1. The largest absolute Gasteiger partial charge is 0.370 e. The Morgan fingerprint density at radius 2 is 1.70 bits per heavy atom. The van der Waals surface area contributed by atoms with Crippen LogP contribution in [0.15, 0.2) is 54.9 Å². The summed E-state index contributed by atoms with van der Waals surface area (Å²) in [5.74, 6) is 2.27. The van der Waals surface area contributed by atoms with Gasteiger partial charge in [-0.2, -0.15) is 11.8 Å². The predicted octanol–water partition coefficient (Wildman–Crippen LogP) is 2.15. The van der Waals surface area contributed by atoms with Crippen LogP contribution in [-0.4, -0.2) is 50.7 Å². The standard InChI is InChI=1S/C19H20N6OS/c26-19(16-3-7-18(8-4-16)25-14-21-22-23-25)20-13-15-1-5-17(6-2-15)24-9-11-27-12-10-24/h1-8,14H,9-13H2,(H,20,26). The third kappa shape index (κ3) is 4.28. The van der Waals surface area contributed by atoms with Crippen LogP contribution in [0.25, 0.3) is 5.69 Å². The second-order valence-electron chi connectivity index (χ2n) is 6.25. The highest BCUT2D eigenvalue weighted by Gasteiger charge is 2.11. The number of nitrogens with one attached hydrogen (secondary N) is 1. The number of hydrogen-bond donors (Lipinski definition) is 1. The molecule has 8 heteroatoms. The molecule has 1 saturated heterocycles. The summed E-state index contributed by atoms with van der Waals surface area (Å²) >= 11 is 2.01. The molecule has 1 N–H and O–H groups in total. The first-order chi connectivity index (χ1) is 13.3. The summed E-state index contributed by atoms with van der Waals surface area (Å²) in [6.07, 6.45) is 1.52. The number of aromatic nitrogens is 4. The molecule has 0 atom stereocenters. The van der Waals surface area contributed by atoms with E-state index in [9.17, 15) is 4.79 Å². The molecular formula is C19H20N6OS. The van der Waals surface area contributed by atoms with Crippen molar-refractivity contribution in [3.05, 3.63) is 66.0 Å². The summed E-state index contributed by atoms with van der Waals surface area (Å²) in [7, 11) is 0. The van der Waals surface area contributed by atoms with Crippen molar-refractivity contribution < 1.29 is 4.79 Å². The van der Waals surface area contributed by atoms with E-state index >= 15 is 0 Å². The molecular weight excluding hydrogens is 360 g/mol. The maximum Gasteiger partial charge on any atom is 0.251 e. The van der Waals surface area contributed by atoms with Gasteiger partial charge in [-0.25, -0.2) is 4.68 Å². The number of rotatable bonds is 5. The molecule has 27 heavy (non-hydrogen) atoms. The first-order valence-electron chi connectivity index (χ1n) is 8.83. The van der Waals surface area contributed by atoms with Crippen LogP contribution in [0.3, 0.4) is 0 Å². The molecule has 1 amide bonds. The number of benzene rings is 2. The van der Waals surface area contributed by atoms with Gasteiger partial charge in [-0.1, -0.05) is 12.1 Å². The summed E-state index contributed by atoms with van der Waals surface area (Å²) in [5.41, 5.74) is 3.75. The highest BCUT2D eigenvalue weighted by Crippen LogP contribution is 2.20. The van der Waals surface area contributed by atoms with Crippen molar-refractivity contribution in [1.29, 1.82) is 0 Å². The monoisotopic (exact) mass is 380 g/mol. The van der Waals surface area contributed by atoms with Crippen molar-refractivity contribution in [2.24, 2.45) is 0 Å². The summed E-state index contributed by atoms with van der Waals surface area (Å²) in [5, 5.41) is 14.0. The maximum atomic E-state index is 12.4. The van der Waals surface area contributed by atoms with Crippen LogP contribution in [0.4, 0.5) is 5.69 Å². The topological polar surface area (TPSA) is 75.9 Å². The van der Waals surface area contributed by atoms with Crippen LogP contribution >= 0.6 is 11.8 Å². The van der Waals surface area contributed by atoms with Gasteiger partial charge in [0.2, 0.25) is 0 Å². The van der Waals surface area contributed by atoms with Gasteiger partial charge in [0, 0.05) is 42.4 Å². The average Bonchev–Trinajstić information content (AvgIpc) is 3.28. The van der Waals surface area contributed by atoms with Gasteiger partial charge in [-0.05, 0) is 52.4 Å². The molecule has 2 heterocycles. The molecule has 1 aromatic heterocycles. The first kappa shape index (κ1) is 17.5. The molecule has 0 aliphatic carbocycles. The lowest BCUT2D eigenvalue weighted by molar-refractivity contribution is 0.0951. The van der Waals surface area contributed by atoms with Crippen molar-refractivity contribution in [2.45, 2.75) is 6.54 Å². The average molecular weight is 380 g/mol. The molecule has 0 radical (unpaired) electrons. The molecule has 1 fully saturated rings. The zero-order chi connectivity index (χ0) is 18.5. The van der Waals surface area contributed by atoms with Crippen LogP contribution in [0.2, 0.25) is 0 Å². The molecule has 138 valence electrons. The van der Waals surface area contributed by atoms with Crippen LogP contribution in [-0.2, 0) is 6.54 Å². The summed E-state index contributed by atoms with van der Waals surface area (Å²) in [4.78, 5) is 14.8. The van der Waals surface area contributed by atoms with E-state index < -0.39 is 0 Å². The molecule has 0 spiro atoms. The summed E-state index contributed by atoms with van der Waals surface area (Å²) in [6.45, 7) is 2.70. The van der Waals surface area contributed by atoms with E-state index in [0.717, 1.165) is 24.3 Å². The zero-order valence-corrected chi connectivity index (χ0v) is 15.6. The Kier molecular flexibility index (Phi) is 5.34. The molecule has 2 aromatic carbocycles. The Morgan fingerprint density at radius 3 is 2.37 bits per heavy atom. The van der Waals surface area contributed by atoms with E-state index in [1.165, 1.54) is 23.5 Å². The van der Waals surface area contributed by atoms with E-state index in [4.69, 9.17) is 0 Å². The predicted molar refractivity (Wildman–Crippen MR) is 106 cm³/mol. The van der Waals surface area contributed by atoms with Crippen molar-refractivity contribution in [3.63, 3.8) is 0 Å². The van der Waals surface area contributed by atoms with Gasteiger partial charge in [0.05, 0.1) is 5.69 Å². The minimum Gasteiger partial charge on any atom is -0.370 e. The third-order valence-electron chi connectivity index (χ3n) is 4.51. The number of thioether (sulfide) groups is 1. The number of nitrogens with zero attached hydrogens (tertiary/aromatic N) is 5. The van der Waals surface area contributed by atoms with Gasteiger partial charge < -0.3 is 10.2 Å². The van der Waals surface area contributed by atoms with Gasteiger partial charge in [-0.15, -0.1) is 5.10 Å². The number of hydrogen-bond acceptors (Lipinski definition) is 6. The summed E-state index contributed by atoms with van der Waals surface area (Å²) < 4.78 is 1.55. The van der Waals surface area contributed by atoms with Crippen LogP contribution < -0.4 is 10.2 Å². The van der Waals surface area contributed by atoms with Crippen molar-refractivity contribution in [2.75, 3.05) is 29.5 Å². The lowest BCUT2D eigenvalue weighted by Crippen LogP contribution is -2.32. The van der Waals surface area contributed by atoms with Gasteiger partial charge in [-0.3, -0.25) is 4.79 Å². The number of tetrazole rings is 1. The van der Waals surface area contributed by atoms with Crippen LogP contribution in [0, 0.1) is 0 Å². The number of carbonyl (C=O) groups excluding carboxylic acids is 1. The molecule has 0 saturated carbocycles. The van der Waals surface area contributed by atoms with E-state index in [1.54, 1.807) is 16.8 Å². The molecule has 0 unspecified atom stereocenters. The smallest absolute Gasteiger partial charge is 0.251 e. The zero-order valence-electron chi connectivity index (χ0n) is 14.8. The van der Waals surface area contributed by atoms with Crippen molar-refractivity contribution >= 4 is 23.4 Å². The van der Waals surface area contributed by atoms with Gasteiger partial charge in [0.1, 0.15) is 6.33 Å². The lowest BCUT2D eigenvalue weighted by atomic mass is 10.1. The minimum atomic E-state index is -0.101.